The summed E-state index contributed by atoms with van der Waals surface area (Å²) in [6.45, 7) is 0. The van der Waals surface area contributed by atoms with Gasteiger partial charge in [0.15, 0.2) is 5.69 Å². The van der Waals surface area contributed by atoms with Crippen molar-refractivity contribution < 1.29 is 35.3 Å². The summed E-state index contributed by atoms with van der Waals surface area (Å²) in [5.74, 6) is -0.551. The minimum atomic E-state index is -4.81. The van der Waals surface area contributed by atoms with E-state index in [0.29, 0.717) is 0 Å². The van der Waals surface area contributed by atoms with Crippen molar-refractivity contribution >= 4 is 37.5 Å². The van der Waals surface area contributed by atoms with Crippen LogP contribution in [0.1, 0.15) is 26.9 Å². The number of H-pyrrole nitrogens is 1. The Balaban J connectivity index is 2.41. The molecule has 1 aliphatic carbocycles. The van der Waals surface area contributed by atoms with Crippen LogP contribution in [0.25, 0.3) is 0 Å². The van der Waals surface area contributed by atoms with Gasteiger partial charge in [0.05, 0.1) is 5.56 Å². The number of allylic oxidation sites excluding steroid dienone is 1. The molecule has 28 heavy (non-hydrogen) atoms. The highest BCUT2D eigenvalue weighted by atomic mass is 32.2. The van der Waals surface area contributed by atoms with E-state index >= 15 is 0 Å². The quantitative estimate of drug-likeness (QED) is 0.314. The van der Waals surface area contributed by atoms with Crippen LogP contribution in [0, 0.1) is 0 Å². The van der Waals surface area contributed by atoms with Crippen LogP contribution in [-0.2, 0) is 20.2 Å². The fourth-order valence-electron chi connectivity index (χ4n) is 3.04. The molecule has 0 spiro atoms. The first kappa shape index (κ1) is 19.9. The average molecular weight is 426 g/mol. The van der Waals surface area contributed by atoms with Crippen LogP contribution in [0.3, 0.4) is 0 Å². The fourth-order valence-corrected chi connectivity index (χ4v) is 4.58. The van der Waals surface area contributed by atoms with Gasteiger partial charge in [0.25, 0.3) is 20.2 Å². The number of fused-ring (bicyclic) bond motifs is 1. The average Bonchev–Trinajstić information content (AvgIpc) is 3.12. The van der Waals surface area contributed by atoms with Crippen LogP contribution >= 0.6 is 0 Å². The summed E-state index contributed by atoms with van der Waals surface area (Å²) in [5, 5.41) is -1.66. The number of carbonyl (C=O) groups is 1. The minimum Gasteiger partial charge on any atom is -0.398 e. The number of benzene rings is 1. The number of hydrogen-bond acceptors (Lipinski definition) is 6. The van der Waals surface area contributed by atoms with Crippen LogP contribution in [-0.4, -0.2) is 54.2 Å². The largest absolute Gasteiger partial charge is 0.435 e. The van der Waals surface area contributed by atoms with E-state index in [-0.39, 0.29) is 28.2 Å². The molecule has 0 saturated heterocycles. The molecule has 0 radical (unpaired) electrons. The molecule has 1 aromatic heterocycles. The molecule has 0 bridgehead atoms. The lowest BCUT2D eigenvalue weighted by molar-refractivity contribution is -0.393. The van der Waals surface area contributed by atoms with E-state index in [2.05, 4.69) is 4.98 Å². The van der Waals surface area contributed by atoms with Gasteiger partial charge in [-0.05, 0) is 24.3 Å². The van der Waals surface area contributed by atoms with Gasteiger partial charge in [-0.15, -0.1) is 0 Å². The molecule has 0 saturated carbocycles. The zero-order valence-corrected chi connectivity index (χ0v) is 16.0. The third-order valence-electron chi connectivity index (χ3n) is 4.30. The number of aromatic nitrogens is 1. The predicted octanol–water partition coefficient (Wildman–Crippen LogP) is 0.614. The van der Waals surface area contributed by atoms with E-state index in [4.69, 9.17) is 5.73 Å². The van der Waals surface area contributed by atoms with E-state index in [9.17, 15) is 30.7 Å². The van der Waals surface area contributed by atoms with Crippen molar-refractivity contribution in [1.82, 2.24) is 4.98 Å². The highest BCUT2D eigenvalue weighted by Crippen LogP contribution is 2.38. The van der Waals surface area contributed by atoms with Crippen LogP contribution < -0.4 is 5.73 Å². The van der Waals surface area contributed by atoms with E-state index in [1.165, 1.54) is 25.4 Å². The van der Waals surface area contributed by atoms with Crippen molar-refractivity contribution in [2.75, 3.05) is 12.8 Å². The topological polar surface area (TPSA) is 171 Å². The second-order valence-electron chi connectivity index (χ2n) is 6.04. The molecular weight excluding hydrogens is 410 g/mol. The molecule has 1 unspecified atom stereocenters. The summed E-state index contributed by atoms with van der Waals surface area (Å²) in [4.78, 5) is 14.7. The Bertz CT molecular complexity index is 1240. The Morgan fingerprint density at radius 2 is 1.86 bits per heavy atom. The number of anilines is 1. The van der Waals surface area contributed by atoms with E-state index in [0.717, 1.165) is 22.8 Å². The molecule has 5 N–H and O–H groups in total. The predicted molar refractivity (Wildman–Crippen MR) is 99.5 cm³/mol. The Morgan fingerprint density at radius 1 is 1.18 bits per heavy atom. The Kier molecular flexibility index (Phi) is 4.75. The van der Waals surface area contributed by atoms with Gasteiger partial charge in [0.2, 0.25) is 5.71 Å². The standard InChI is InChI=1S/C16H15N3O7S2/c1-19(16(20)10-3-2-8-18-10)11-5-7-12(27(21,22)23)14-9(17)4-6-13(15(11)14)28(24,25)26/h2-8,12H,17H2,1H3,(H2-,18,20,21,22,23,24,25,26)/p+1. The fraction of sp³-hybridized carbons (Fsp3) is 0.125. The first-order valence-electron chi connectivity index (χ1n) is 7.76. The van der Waals surface area contributed by atoms with Crippen molar-refractivity contribution in [2.45, 2.75) is 10.1 Å². The number of rotatable bonds is 3. The lowest BCUT2D eigenvalue weighted by Crippen LogP contribution is -2.30. The number of hydrogen-bond donors (Lipinski definition) is 4. The highest BCUT2D eigenvalue weighted by Gasteiger charge is 2.39. The van der Waals surface area contributed by atoms with Crippen LogP contribution in [0.5, 0.6) is 0 Å². The first-order valence-corrected chi connectivity index (χ1v) is 10.7. The van der Waals surface area contributed by atoms with E-state index in [1.807, 2.05) is 0 Å². The second-order valence-corrected chi connectivity index (χ2v) is 8.97. The van der Waals surface area contributed by atoms with Gasteiger partial charge in [-0.3, -0.25) is 9.11 Å². The van der Waals surface area contributed by atoms with Crippen LogP contribution in [0.2, 0.25) is 0 Å². The molecule has 1 aliphatic rings. The number of carbonyl (C=O) groups excluding carboxylic acids is 1. The van der Waals surface area contributed by atoms with E-state index in [1.54, 1.807) is 6.07 Å². The van der Waals surface area contributed by atoms with Gasteiger partial charge < -0.3 is 10.7 Å². The minimum absolute atomic E-state index is 0.0191. The lowest BCUT2D eigenvalue weighted by atomic mass is 9.92. The summed E-state index contributed by atoms with van der Waals surface area (Å²) < 4.78 is 67.6. The maximum atomic E-state index is 12.7. The maximum absolute atomic E-state index is 12.7. The molecule has 1 aromatic carbocycles. The Hall–Kier alpha value is -2.80. The number of nitrogens with two attached hydrogens (primary N) is 1. The van der Waals surface area contributed by atoms with Crippen molar-refractivity contribution in [3.63, 3.8) is 0 Å². The normalized spacial score (nSPS) is 18.6. The van der Waals surface area contributed by atoms with Crippen molar-refractivity contribution in [1.29, 1.82) is 0 Å². The molecular formula is C16H16N3O7S2+. The molecule has 0 aliphatic heterocycles. The smallest absolute Gasteiger partial charge is 0.398 e. The zero-order chi connectivity index (χ0) is 20.9. The van der Waals surface area contributed by atoms with Gasteiger partial charge in [0.1, 0.15) is 17.2 Å². The van der Waals surface area contributed by atoms with E-state index < -0.39 is 36.3 Å². The van der Waals surface area contributed by atoms with Gasteiger partial charge in [-0.1, -0.05) is 6.08 Å². The summed E-state index contributed by atoms with van der Waals surface area (Å²) in [6, 6.07) is 5.18. The van der Waals surface area contributed by atoms with Crippen molar-refractivity contribution in [2.24, 2.45) is 0 Å². The highest BCUT2D eigenvalue weighted by molar-refractivity contribution is 7.86. The summed E-state index contributed by atoms with van der Waals surface area (Å²) in [7, 11) is -8.17. The lowest BCUT2D eigenvalue weighted by Gasteiger charge is -2.22. The van der Waals surface area contributed by atoms with Crippen molar-refractivity contribution in [3.8, 4) is 0 Å². The monoisotopic (exact) mass is 426 g/mol. The summed E-state index contributed by atoms with van der Waals surface area (Å²) >= 11 is 0. The number of nitrogens with one attached hydrogen (secondary N) is 1. The second kappa shape index (κ2) is 6.67. The van der Waals surface area contributed by atoms with Gasteiger partial charge in [-0.2, -0.15) is 21.4 Å². The number of nitrogens with zero attached hydrogens (tertiary/aromatic N) is 1. The summed E-state index contributed by atoms with van der Waals surface area (Å²) in [6.07, 6.45) is 3.78. The molecule has 2 aromatic rings. The molecule has 0 fully saturated rings. The van der Waals surface area contributed by atoms with Crippen LogP contribution in [0.4, 0.5) is 5.69 Å². The third-order valence-corrected chi connectivity index (χ3v) is 6.23. The Labute approximate surface area is 160 Å². The molecule has 1 heterocycles. The van der Waals surface area contributed by atoms with Gasteiger partial charge >= 0.3 is 5.91 Å². The molecule has 12 heteroatoms. The SMILES string of the molecule is C[N+](C(=O)c1ccc[nH]1)=C1C=CC(S(=O)(=O)O)c2c(N)ccc(S(=O)(=O)O)c21. The van der Waals surface area contributed by atoms with Gasteiger partial charge in [0, 0.05) is 23.5 Å². The zero-order valence-electron chi connectivity index (χ0n) is 14.4. The van der Waals surface area contributed by atoms with Crippen LogP contribution in [0.15, 0.2) is 47.5 Å². The number of aromatic amines is 1. The molecule has 148 valence electrons. The summed E-state index contributed by atoms with van der Waals surface area (Å²) in [5.41, 5.74) is 5.38. The molecule has 1 amide bonds. The first-order chi connectivity index (χ1) is 12.9. The molecule has 10 nitrogen and oxygen atoms in total. The third kappa shape index (κ3) is 3.38. The molecule has 3 rings (SSSR count). The Morgan fingerprint density at radius 3 is 2.39 bits per heavy atom. The molecule has 1 atom stereocenters. The number of nitrogen functional groups attached to an aromatic ring is 1. The maximum Gasteiger partial charge on any atom is 0.435 e. The van der Waals surface area contributed by atoms with Gasteiger partial charge in [-0.25, -0.2) is 4.79 Å². The number of amides is 1. The van der Waals surface area contributed by atoms with Crippen molar-refractivity contribution in [3.05, 3.63) is 59.4 Å².